The summed E-state index contributed by atoms with van der Waals surface area (Å²) in [6, 6.07) is -0.0496. The van der Waals surface area contributed by atoms with Gasteiger partial charge in [0.1, 0.15) is 11.4 Å². The number of nitrogens with zero attached hydrogens (tertiary/aromatic N) is 2. The quantitative estimate of drug-likeness (QED) is 0.259. The van der Waals surface area contributed by atoms with Crippen molar-refractivity contribution in [3.63, 3.8) is 0 Å². The molecule has 0 fully saturated rings. The predicted molar refractivity (Wildman–Crippen MR) is 127 cm³/mol. The lowest BCUT2D eigenvalue weighted by Crippen LogP contribution is -2.48. The van der Waals surface area contributed by atoms with Crippen LogP contribution in [0.15, 0.2) is 9.52 Å². The molecule has 0 saturated carbocycles. The number of rotatable bonds is 9. The molecule has 3 N–H and O–H groups in total. The molecule has 1 atom stereocenters. The lowest BCUT2D eigenvalue weighted by atomic mass is 10.1. The summed E-state index contributed by atoms with van der Waals surface area (Å²) in [6.45, 7) is 12.9. The molecule has 0 radical (unpaired) electrons. The average molecular weight is 523 g/mol. The van der Waals surface area contributed by atoms with E-state index in [1.807, 2.05) is 27.7 Å². The third kappa shape index (κ3) is 10.2. The second-order valence-corrected chi connectivity index (χ2v) is 7.68. The van der Waals surface area contributed by atoms with Gasteiger partial charge in [-0.2, -0.15) is 0 Å². The number of alkyl carbamates (subject to hydrolysis) is 1. The molecule has 1 aromatic rings. The molecule has 8 nitrogen and oxygen atoms in total. The second-order valence-electron chi connectivity index (χ2n) is 7.68. The predicted octanol–water partition coefficient (Wildman–Crippen LogP) is 3.78. The molecule has 168 valence electrons. The molecule has 0 spiro atoms. The maximum absolute atomic E-state index is 12.1. The minimum Gasteiger partial charge on any atom is -0.444 e. The van der Waals surface area contributed by atoms with Crippen molar-refractivity contribution in [1.29, 1.82) is 0 Å². The van der Waals surface area contributed by atoms with Crippen molar-refractivity contribution in [3.05, 3.63) is 17.0 Å². The highest BCUT2D eigenvalue weighted by Gasteiger charge is 2.19. The third-order valence-electron chi connectivity index (χ3n) is 4.14. The normalized spacial score (nSPS) is 12.7. The Labute approximate surface area is 192 Å². The Morgan fingerprint density at radius 2 is 1.90 bits per heavy atom. The van der Waals surface area contributed by atoms with Crippen molar-refractivity contribution < 1.29 is 14.1 Å². The van der Waals surface area contributed by atoms with Gasteiger partial charge >= 0.3 is 6.09 Å². The van der Waals surface area contributed by atoms with Crippen LogP contribution in [0.4, 0.5) is 4.79 Å². The van der Waals surface area contributed by atoms with E-state index in [-0.39, 0.29) is 30.0 Å². The van der Waals surface area contributed by atoms with Crippen molar-refractivity contribution in [2.45, 2.75) is 85.4 Å². The number of aryl methyl sites for hydroxylation is 2. The molecule has 1 aromatic heterocycles. The van der Waals surface area contributed by atoms with Crippen LogP contribution in [-0.2, 0) is 24.1 Å². The fourth-order valence-corrected chi connectivity index (χ4v) is 2.80. The number of guanidine groups is 1. The molecule has 9 heteroatoms. The SMILES string of the molecule is CCCC(CNC(=NC)NCc1c(CC)noc1CC)NC(=O)OC(C)(C)C.I. The number of halogens is 1. The first kappa shape index (κ1) is 27.5. The highest BCUT2D eigenvalue weighted by molar-refractivity contribution is 14.0. The number of hydrogen-bond donors (Lipinski definition) is 3. The lowest BCUT2D eigenvalue weighted by molar-refractivity contribution is 0.0502. The van der Waals surface area contributed by atoms with Crippen molar-refractivity contribution in [1.82, 2.24) is 21.1 Å². The van der Waals surface area contributed by atoms with Gasteiger partial charge in [0.05, 0.1) is 5.69 Å². The van der Waals surface area contributed by atoms with Gasteiger partial charge in [0.15, 0.2) is 5.96 Å². The standard InChI is InChI=1S/C20H37N5O3.HI/c1-8-11-14(24-19(26)27-20(4,5)6)12-22-18(21-7)23-13-15-16(9-2)25-28-17(15)10-3;/h14H,8-13H2,1-7H3,(H,24,26)(H2,21,22,23);1H. The molecule has 0 bridgehead atoms. The summed E-state index contributed by atoms with van der Waals surface area (Å²) in [6.07, 6.45) is 3.02. The first-order valence-corrected chi connectivity index (χ1v) is 10.1. The summed E-state index contributed by atoms with van der Waals surface area (Å²) >= 11 is 0. The molecule has 0 saturated heterocycles. The number of carbonyl (C=O) groups is 1. The van der Waals surface area contributed by atoms with E-state index in [0.29, 0.717) is 19.0 Å². The van der Waals surface area contributed by atoms with Crippen LogP contribution in [0.1, 0.15) is 71.4 Å². The van der Waals surface area contributed by atoms with Gasteiger partial charge in [-0.3, -0.25) is 4.99 Å². The molecule has 1 amide bonds. The molecule has 0 aliphatic carbocycles. The third-order valence-corrected chi connectivity index (χ3v) is 4.14. The monoisotopic (exact) mass is 523 g/mol. The van der Waals surface area contributed by atoms with E-state index in [1.54, 1.807) is 7.05 Å². The molecule has 1 heterocycles. The highest BCUT2D eigenvalue weighted by Crippen LogP contribution is 2.15. The zero-order chi connectivity index (χ0) is 21.2. The summed E-state index contributed by atoms with van der Waals surface area (Å²) in [7, 11) is 1.72. The Kier molecular flexibility index (Phi) is 12.9. The van der Waals surface area contributed by atoms with Crippen LogP contribution in [0.3, 0.4) is 0 Å². The highest BCUT2D eigenvalue weighted by atomic mass is 127. The molecule has 1 rings (SSSR count). The van der Waals surface area contributed by atoms with Gasteiger partial charge in [0, 0.05) is 38.2 Å². The van der Waals surface area contributed by atoms with Crippen molar-refractivity contribution >= 4 is 36.0 Å². The van der Waals surface area contributed by atoms with E-state index in [0.717, 1.165) is 42.7 Å². The van der Waals surface area contributed by atoms with E-state index < -0.39 is 11.7 Å². The van der Waals surface area contributed by atoms with Crippen molar-refractivity contribution in [2.24, 2.45) is 4.99 Å². The largest absolute Gasteiger partial charge is 0.444 e. The van der Waals surface area contributed by atoms with E-state index in [4.69, 9.17) is 9.26 Å². The zero-order valence-electron chi connectivity index (χ0n) is 18.8. The number of amides is 1. The van der Waals surface area contributed by atoms with Crippen LogP contribution in [0.25, 0.3) is 0 Å². The summed E-state index contributed by atoms with van der Waals surface area (Å²) < 4.78 is 10.8. The zero-order valence-corrected chi connectivity index (χ0v) is 21.2. The minimum atomic E-state index is -0.515. The fraction of sp³-hybridized carbons (Fsp3) is 0.750. The van der Waals surface area contributed by atoms with E-state index >= 15 is 0 Å². The molecule has 1 unspecified atom stereocenters. The molecule has 0 aromatic carbocycles. The number of hydrogen-bond acceptors (Lipinski definition) is 5. The molecular formula is C20H38IN5O3. The van der Waals surface area contributed by atoms with Crippen LogP contribution < -0.4 is 16.0 Å². The van der Waals surface area contributed by atoms with E-state index in [2.05, 4.69) is 39.9 Å². The summed E-state index contributed by atoms with van der Waals surface area (Å²) in [5.41, 5.74) is 1.54. The van der Waals surface area contributed by atoms with Crippen LogP contribution in [0.2, 0.25) is 0 Å². The fourth-order valence-electron chi connectivity index (χ4n) is 2.80. The summed E-state index contributed by atoms with van der Waals surface area (Å²) in [5.74, 6) is 1.56. The van der Waals surface area contributed by atoms with Crippen LogP contribution >= 0.6 is 24.0 Å². The van der Waals surface area contributed by atoms with Crippen LogP contribution in [-0.4, -0.2) is 42.4 Å². The smallest absolute Gasteiger partial charge is 0.407 e. The maximum atomic E-state index is 12.1. The summed E-state index contributed by atoms with van der Waals surface area (Å²) in [5, 5.41) is 13.6. The Hall–Kier alpha value is -1.52. The molecule has 29 heavy (non-hydrogen) atoms. The van der Waals surface area contributed by atoms with Gasteiger partial charge in [-0.25, -0.2) is 4.79 Å². The first-order valence-electron chi connectivity index (χ1n) is 10.1. The van der Waals surface area contributed by atoms with Gasteiger partial charge in [-0.15, -0.1) is 24.0 Å². The van der Waals surface area contributed by atoms with Crippen LogP contribution in [0.5, 0.6) is 0 Å². The average Bonchev–Trinajstić information content (AvgIpc) is 3.02. The minimum absolute atomic E-state index is 0. The Morgan fingerprint density at radius 1 is 1.21 bits per heavy atom. The van der Waals surface area contributed by atoms with Gasteiger partial charge in [0.2, 0.25) is 0 Å². The molecule has 0 aliphatic heterocycles. The van der Waals surface area contributed by atoms with Gasteiger partial charge < -0.3 is 25.2 Å². The van der Waals surface area contributed by atoms with Gasteiger partial charge in [-0.05, 0) is 33.6 Å². The van der Waals surface area contributed by atoms with E-state index in [1.165, 1.54) is 0 Å². The number of ether oxygens (including phenoxy) is 1. The van der Waals surface area contributed by atoms with Crippen molar-refractivity contribution in [3.8, 4) is 0 Å². The number of aromatic nitrogens is 1. The number of aliphatic imine (C=N–C) groups is 1. The Bertz CT molecular complexity index is 619. The second kappa shape index (κ2) is 13.7. The van der Waals surface area contributed by atoms with E-state index in [9.17, 15) is 4.79 Å². The molecular weight excluding hydrogens is 485 g/mol. The van der Waals surface area contributed by atoms with Crippen molar-refractivity contribution in [2.75, 3.05) is 13.6 Å². The van der Waals surface area contributed by atoms with Gasteiger partial charge in [0.25, 0.3) is 0 Å². The summed E-state index contributed by atoms with van der Waals surface area (Å²) in [4.78, 5) is 16.3. The number of carbonyl (C=O) groups excluding carboxylic acids is 1. The number of nitrogens with one attached hydrogen (secondary N) is 3. The van der Waals surface area contributed by atoms with Crippen LogP contribution in [0, 0.1) is 0 Å². The van der Waals surface area contributed by atoms with Gasteiger partial charge in [-0.1, -0.05) is 32.3 Å². The lowest BCUT2D eigenvalue weighted by Gasteiger charge is -2.24. The molecule has 0 aliphatic rings. The Morgan fingerprint density at radius 3 is 2.41 bits per heavy atom. The topological polar surface area (TPSA) is 101 Å². The maximum Gasteiger partial charge on any atom is 0.407 e. The Balaban J connectivity index is 0.00000784. The first-order chi connectivity index (χ1) is 13.2.